The zero-order valence-corrected chi connectivity index (χ0v) is 17.4. The van der Waals surface area contributed by atoms with Crippen molar-refractivity contribution >= 4 is 38.8 Å². The molecule has 3 aromatic carbocycles. The summed E-state index contributed by atoms with van der Waals surface area (Å²) in [6.45, 7) is 2.04. The van der Waals surface area contributed by atoms with E-state index in [1.165, 1.54) is 6.21 Å². The largest absolute Gasteiger partial charge is 0.455 e. The normalized spacial score (nSPS) is 11.2. The first kappa shape index (κ1) is 19.2. The van der Waals surface area contributed by atoms with Gasteiger partial charge < -0.3 is 4.42 Å². The molecule has 0 aliphatic heterocycles. The molecule has 0 aliphatic carbocycles. The van der Waals surface area contributed by atoms with Crippen LogP contribution in [-0.4, -0.2) is 12.1 Å². The van der Waals surface area contributed by atoms with Crippen molar-refractivity contribution in [2.75, 3.05) is 0 Å². The van der Waals surface area contributed by atoms with E-state index >= 15 is 0 Å². The highest BCUT2D eigenvalue weighted by Crippen LogP contribution is 2.26. The van der Waals surface area contributed by atoms with Crippen LogP contribution in [0.1, 0.15) is 16.9 Å². The Kier molecular flexibility index (Phi) is 5.58. The fourth-order valence-electron chi connectivity index (χ4n) is 3.15. The van der Waals surface area contributed by atoms with Gasteiger partial charge in [-0.05, 0) is 47.0 Å². The first-order valence-electron chi connectivity index (χ1n) is 9.25. The Labute approximate surface area is 177 Å². The molecular formula is C24H19BrN2O2. The van der Waals surface area contributed by atoms with E-state index in [1.54, 1.807) is 0 Å². The van der Waals surface area contributed by atoms with Crippen molar-refractivity contribution in [3.8, 4) is 11.3 Å². The van der Waals surface area contributed by atoms with E-state index in [-0.39, 0.29) is 12.3 Å². The second-order valence-corrected chi connectivity index (χ2v) is 7.63. The smallest absolute Gasteiger partial charge is 0.244 e. The van der Waals surface area contributed by atoms with Crippen molar-refractivity contribution in [2.24, 2.45) is 5.10 Å². The minimum absolute atomic E-state index is 0.174. The number of carbonyl (C=O) groups excluding carboxylic acids is 1. The Morgan fingerprint density at radius 2 is 1.90 bits per heavy atom. The van der Waals surface area contributed by atoms with E-state index in [0.29, 0.717) is 5.76 Å². The molecule has 5 heteroatoms. The molecule has 4 aromatic rings. The van der Waals surface area contributed by atoms with Crippen molar-refractivity contribution < 1.29 is 9.21 Å². The Balaban J connectivity index is 1.40. The number of amides is 1. The van der Waals surface area contributed by atoms with Crippen LogP contribution >= 0.6 is 15.9 Å². The van der Waals surface area contributed by atoms with Crippen LogP contribution in [0, 0.1) is 6.92 Å². The van der Waals surface area contributed by atoms with Crippen molar-refractivity contribution in [3.05, 3.63) is 94.2 Å². The topological polar surface area (TPSA) is 54.6 Å². The van der Waals surface area contributed by atoms with Gasteiger partial charge in [-0.25, -0.2) is 5.43 Å². The molecule has 144 valence electrons. The molecule has 1 amide bonds. The fraction of sp³-hybridized carbons (Fsp3) is 0.0833. The quantitative estimate of drug-likeness (QED) is 0.308. The summed E-state index contributed by atoms with van der Waals surface area (Å²) in [4.78, 5) is 12.3. The molecule has 0 saturated heterocycles. The van der Waals surface area contributed by atoms with Gasteiger partial charge in [-0.2, -0.15) is 5.10 Å². The number of furan rings is 1. The number of nitrogens with one attached hydrogen (secondary N) is 1. The molecule has 4 rings (SSSR count). The molecule has 4 nitrogen and oxygen atoms in total. The van der Waals surface area contributed by atoms with Gasteiger partial charge in [0.05, 0.1) is 12.6 Å². The lowest BCUT2D eigenvalue weighted by Crippen LogP contribution is -2.19. The van der Waals surface area contributed by atoms with E-state index in [9.17, 15) is 4.79 Å². The molecule has 1 heterocycles. The van der Waals surface area contributed by atoms with Gasteiger partial charge in [-0.3, -0.25) is 4.79 Å². The average molecular weight is 447 g/mol. The lowest BCUT2D eigenvalue weighted by atomic mass is 10.0. The van der Waals surface area contributed by atoms with E-state index in [0.717, 1.165) is 37.7 Å². The third kappa shape index (κ3) is 4.46. The van der Waals surface area contributed by atoms with Crippen LogP contribution in [0.3, 0.4) is 0 Å². The highest BCUT2D eigenvalue weighted by molar-refractivity contribution is 9.10. The molecule has 0 bridgehead atoms. The Morgan fingerprint density at radius 3 is 2.76 bits per heavy atom. The van der Waals surface area contributed by atoms with Gasteiger partial charge in [0.25, 0.3) is 0 Å². The number of nitrogens with zero attached hydrogens (tertiary/aromatic N) is 1. The number of hydrogen-bond acceptors (Lipinski definition) is 3. The zero-order valence-electron chi connectivity index (χ0n) is 15.9. The van der Waals surface area contributed by atoms with Crippen LogP contribution in [-0.2, 0) is 11.2 Å². The Bertz CT molecular complexity index is 1210. The minimum Gasteiger partial charge on any atom is -0.455 e. The molecule has 29 heavy (non-hydrogen) atoms. The number of aryl methyl sites for hydroxylation is 1. The number of hydrazone groups is 1. The Hall–Kier alpha value is -3.18. The van der Waals surface area contributed by atoms with Crippen LogP contribution in [0.5, 0.6) is 0 Å². The maximum atomic E-state index is 12.3. The molecule has 0 radical (unpaired) electrons. The van der Waals surface area contributed by atoms with E-state index in [2.05, 4.69) is 26.5 Å². The van der Waals surface area contributed by atoms with Gasteiger partial charge in [-0.15, -0.1) is 0 Å². The van der Waals surface area contributed by atoms with Crippen molar-refractivity contribution in [3.63, 3.8) is 0 Å². The SMILES string of the molecule is Cc1ccc(-c2ccc(/C=N\NC(=O)Cc3cccc4ccccc34)o2)cc1Br. The number of halogens is 1. The van der Waals surface area contributed by atoms with Crippen LogP contribution in [0.4, 0.5) is 0 Å². The lowest BCUT2D eigenvalue weighted by molar-refractivity contribution is -0.120. The van der Waals surface area contributed by atoms with Crippen LogP contribution < -0.4 is 5.43 Å². The summed E-state index contributed by atoms with van der Waals surface area (Å²) in [5, 5.41) is 6.22. The third-order valence-electron chi connectivity index (χ3n) is 4.70. The standard InChI is InChI=1S/C24H19BrN2O2/c1-16-9-10-19(13-22(16)25)23-12-11-20(29-23)15-26-27-24(28)14-18-7-4-6-17-5-2-3-8-21(17)18/h2-13,15H,14H2,1H3,(H,27,28)/b26-15-. The van der Waals surface area contributed by atoms with Gasteiger partial charge in [0, 0.05) is 10.0 Å². The first-order valence-corrected chi connectivity index (χ1v) is 10.0. The summed E-state index contributed by atoms with van der Waals surface area (Å²) in [5.74, 6) is 1.14. The summed E-state index contributed by atoms with van der Waals surface area (Å²) >= 11 is 3.53. The van der Waals surface area contributed by atoms with Crippen molar-refractivity contribution in [2.45, 2.75) is 13.3 Å². The van der Waals surface area contributed by atoms with E-state index < -0.39 is 0 Å². The molecule has 1 N–H and O–H groups in total. The average Bonchev–Trinajstić information content (AvgIpc) is 3.19. The molecule has 0 aliphatic rings. The van der Waals surface area contributed by atoms with Gasteiger partial charge in [0.2, 0.25) is 5.91 Å². The van der Waals surface area contributed by atoms with Gasteiger partial charge >= 0.3 is 0 Å². The number of rotatable bonds is 5. The Morgan fingerprint density at radius 1 is 1.07 bits per heavy atom. The molecule has 0 spiro atoms. The second-order valence-electron chi connectivity index (χ2n) is 6.77. The number of hydrogen-bond donors (Lipinski definition) is 1. The summed E-state index contributed by atoms with van der Waals surface area (Å²) < 4.78 is 6.83. The molecule has 1 aromatic heterocycles. The molecular weight excluding hydrogens is 428 g/mol. The number of fused-ring (bicyclic) bond motifs is 1. The zero-order chi connectivity index (χ0) is 20.2. The molecule has 0 atom stereocenters. The summed E-state index contributed by atoms with van der Waals surface area (Å²) in [6, 6.07) is 23.7. The van der Waals surface area contributed by atoms with Gasteiger partial charge in [-0.1, -0.05) is 70.5 Å². The van der Waals surface area contributed by atoms with Crippen LogP contribution in [0.15, 0.2) is 86.8 Å². The highest BCUT2D eigenvalue weighted by Gasteiger charge is 2.07. The predicted molar refractivity (Wildman–Crippen MR) is 120 cm³/mol. The van der Waals surface area contributed by atoms with E-state index in [4.69, 9.17) is 4.42 Å². The van der Waals surface area contributed by atoms with Crippen molar-refractivity contribution in [1.82, 2.24) is 5.43 Å². The number of carbonyl (C=O) groups is 1. The molecule has 0 fully saturated rings. The summed E-state index contributed by atoms with van der Waals surface area (Å²) in [6.07, 6.45) is 1.77. The van der Waals surface area contributed by atoms with Gasteiger partial charge in [0.1, 0.15) is 11.5 Å². The van der Waals surface area contributed by atoms with E-state index in [1.807, 2.05) is 79.7 Å². The summed E-state index contributed by atoms with van der Waals surface area (Å²) in [5.41, 5.74) is 5.68. The fourth-order valence-corrected chi connectivity index (χ4v) is 3.53. The second kappa shape index (κ2) is 8.45. The van der Waals surface area contributed by atoms with Crippen LogP contribution in [0.2, 0.25) is 0 Å². The molecule has 0 unspecified atom stereocenters. The molecule has 0 saturated carbocycles. The predicted octanol–water partition coefficient (Wildman–Crippen LogP) is 5.86. The lowest BCUT2D eigenvalue weighted by Gasteiger charge is -2.05. The van der Waals surface area contributed by atoms with Gasteiger partial charge in [0.15, 0.2) is 0 Å². The van der Waals surface area contributed by atoms with Crippen molar-refractivity contribution in [1.29, 1.82) is 0 Å². The maximum absolute atomic E-state index is 12.3. The highest BCUT2D eigenvalue weighted by atomic mass is 79.9. The summed E-state index contributed by atoms with van der Waals surface area (Å²) in [7, 11) is 0. The number of benzene rings is 3. The minimum atomic E-state index is -0.174. The third-order valence-corrected chi connectivity index (χ3v) is 5.55. The maximum Gasteiger partial charge on any atom is 0.244 e. The first-order chi connectivity index (χ1) is 14.1. The monoisotopic (exact) mass is 446 g/mol. The van der Waals surface area contributed by atoms with Crippen LogP contribution in [0.25, 0.3) is 22.1 Å².